The highest BCUT2D eigenvalue weighted by molar-refractivity contribution is 6.01. The number of carbonyl (C=O) groups excluding carboxylic acids is 2. The van der Waals surface area contributed by atoms with Gasteiger partial charge in [-0.2, -0.15) is 0 Å². The largest absolute Gasteiger partial charge is 0.390 e. The molecule has 0 bridgehead atoms. The summed E-state index contributed by atoms with van der Waals surface area (Å²) < 4.78 is 16.7. The van der Waals surface area contributed by atoms with Gasteiger partial charge in [-0.15, -0.1) is 0 Å². The fraction of sp³-hybridized carbons (Fsp3) is 0.619. The van der Waals surface area contributed by atoms with Crippen molar-refractivity contribution in [3.8, 4) is 0 Å². The van der Waals surface area contributed by atoms with E-state index in [2.05, 4.69) is 0 Å². The van der Waals surface area contributed by atoms with Crippen molar-refractivity contribution in [2.75, 3.05) is 6.61 Å². The molecule has 6 nitrogen and oxygen atoms in total. The first-order chi connectivity index (χ1) is 13.0. The molecular weight excluding hydrogens is 367 g/mol. The molecular formula is C21H25FO6. The SMILES string of the molecule is CC12C=CC(=O)C=C1CCC1C3=CC(O)C(O)(C(=O)CO)C3(C)CC(O)C12F. The maximum Gasteiger partial charge on any atom is 0.193 e. The third-order valence-corrected chi connectivity index (χ3v) is 7.84. The predicted octanol–water partition coefficient (Wildman–Crippen LogP) is 0.541. The number of ketones is 2. The molecule has 4 N–H and O–H groups in total. The van der Waals surface area contributed by atoms with Crippen LogP contribution >= 0.6 is 0 Å². The third-order valence-electron chi connectivity index (χ3n) is 7.84. The van der Waals surface area contributed by atoms with E-state index in [0.717, 1.165) is 0 Å². The standard InChI is InChI=1S/C21H25FO6/c1-18-6-5-12(24)7-11(18)3-4-13-14-8-15(25)21(28,17(27)10-23)19(14,2)9-16(26)20(13,18)22/h5-8,13,15-16,23,25-26,28H,3-4,9-10H2,1-2H3. The van der Waals surface area contributed by atoms with Crippen molar-refractivity contribution in [2.24, 2.45) is 16.7 Å². The number of halogens is 1. The van der Waals surface area contributed by atoms with E-state index in [1.54, 1.807) is 6.92 Å². The molecule has 0 saturated heterocycles. The second-order valence-corrected chi connectivity index (χ2v) is 8.93. The third kappa shape index (κ3) is 1.95. The second-order valence-electron chi connectivity index (χ2n) is 8.93. The van der Waals surface area contributed by atoms with Crippen LogP contribution in [0, 0.1) is 16.7 Å². The lowest BCUT2D eigenvalue weighted by Gasteiger charge is -2.61. The Hall–Kier alpha value is -1.67. The van der Waals surface area contributed by atoms with Crippen LogP contribution in [0.5, 0.6) is 0 Å². The maximum atomic E-state index is 16.7. The molecule has 4 aliphatic carbocycles. The predicted molar refractivity (Wildman–Crippen MR) is 96.8 cm³/mol. The van der Waals surface area contributed by atoms with Gasteiger partial charge in [0.25, 0.3) is 0 Å². The average molecular weight is 392 g/mol. The van der Waals surface area contributed by atoms with E-state index in [1.807, 2.05) is 0 Å². The van der Waals surface area contributed by atoms with E-state index < -0.39 is 52.6 Å². The van der Waals surface area contributed by atoms with E-state index in [9.17, 15) is 30.0 Å². The van der Waals surface area contributed by atoms with Crippen LogP contribution in [0.2, 0.25) is 0 Å². The summed E-state index contributed by atoms with van der Waals surface area (Å²) in [4.78, 5) is 24.1. The molecule has 2 fully saturated rings. The van der Waals surface area contributed by atoms with E-state index >= 15 is 4.39 Å². The lowest BCUT2D eigenvalue weighted by atomic mass is 9.46. The monoisotopic (exact) mass is 392 g/mol. The minimum Gasteiger partial charge on any atom is -0.390 e. The van der Waals surface area contributed by atoms with Gasteiger partial charge in [0.05, 0.1) is 6.10 Å². The van der Waals surface area contributed by atoms with Crippen molar-refractivity contribution >= 4 is 11.6 Å². The highest BCUT2D eigenvalue weighted by Gasteiger charge is 2.73. The number of hydrogen-bond donors (Lipinski definition) is 4. The van der Waals surface area contributed by atoms with Crippen molar-refractivity contribution in [3.05, 3.63) is 35.5 Å². The molecule has 2 saturated carbocycles. The average Bonchev–Trinajstić information content (AvgIpc) is 2.84. The summed E-state index contributed by atoms with van der Waals surface area (Å²) in [5.41, 5.74) is -6.10. The number of Topliss-reactive ketones (excluding diaryl/α,β-unsaturated/α-hetero) is 1. The highest BCUT2D eigenvalue weighted by Crippen LogP contribution is 2.68. The molecule has 7 atom stereocenters. The van der Waals surface area contributed by atoms with Crippen molar-refractivity contribution in [1.82, 2.24) is 0 Å². The Morgan fingerprint density at radius 3 is 2.64 bits per heavy atom. The first-order valence-electron chi connectivity index (χ1n) is 9.55. The van der Waals surface area contributed by atoms with Crippen LogP contribution in [-0.2, 0) is 9.59 Å². The summed E-state index contributed by atoms with van der Waals surface area (Å²) in [7, 11) is 0. The Labute approximate surface area is 162 Å². The Balaban J connectivity index is 1.87. The van der Waals surface area contributed by atoms with Gasteiger partial charge in [-0.3, -0.25) is 9.59 Å². The molecule has 0 aromatic carbocycles. The van der Waals surface area contributed by atoms with Crippen LogP contribution in [0.25, 0.3) is 0 Å². The van der Waals surface area contributed by atoms with Crippen LogP contribution in [0.15, 0.2) is 35.5 Å². The first kappa shape index (κ1) is 19.6. The molecule has 28 heavy (non-hydrogen) atoms. The number of allylic oxidation sites excluding steroid dienone is 4. The van der Waals surface area contributed by atoms with E-state index in [0.29, 0.717) is 17.6 Å². The lowest BCUT2D eigenvalue weighted by Crippen LogP contribution is -2.68. The van der Waals surface area contributed by atoms with Gasteiger partial charge in [-0.05, 0) is 38.3 Å². The van der Waals surface area contributed by atoms with E-state index in [-0.39, 0.29) is 18.6 Å². The van der Waals surface area contributed by atoms with Gasteiger partial charge in [-0.25, -0.2) is 4.39 Å². The number of rotatable bonds is 2. The Bertz CT molecular complexity index is 861. The molecule has 0 aliphatic heterocycles. The minimum atomic E-state index is -2.32. The molecule has 4 rings (SSSR count). The van der Waals surface area contributed by atoms with Crippen LogP contribution < -0.4 is 0 Å². The van der Waals surface area contributed by atoms with E-state index in [4.69, 9.17) is 0 Å². The Morgan fingerprint density at radius 2 is 2.00 bits per heavy atom. The number of hydrogen-bond acceptors (Lipinski definition) is 6. The summed E-state index contributed by atoms with van der Waals surface area (Å²) in [5.74, 6) is -2.03. The molecule has 0 aromatic heterocycles. The van der Waals surface area contributed by atoms with Gasteiger partial charge in [0.2, 0.25) is 0 Å². The summed E-state index contributed by atoms with van der Waals surface area (Å²) in [6.07, 6.45) is 2.78. The molecule has 7 unspecified atom stereocenters. The minimum absolute atomic E-state index is 0.219. The molecule has 7 heteroatoms. The summed E-state index contributed by atoms with van der Waals surface area (Å²) >= 11 is 0. The zero-order valence-corrected chi connectivity index (χ0v) is 15.9. The molecule has 0 spiro atoms. The lowest BCUT2D eigenvalue weighted by molar-refractivity contribution is -0.191. The number of fused-ring (bicyclic) bond motifs is 5. The maximum absolute atomic E-state index is 16.7. The molecule has 4 aliphatic rings. The van der Waals surface area contributed by atoms with Crippen molar-refractivity contribution in [2.45, 2.75) is 56.6 Å². The van der Waals surface area contributed by atoms with Gasteiger partial charge in [0.1, 0.15) is 12.7 Å². The summed E-state index contributed by atoms with van der Waals surface area (Å²) in [6, 6.07) is 0. The second kappa shape index (κ2) is 5.69. The fourth-order valence-electron chi connectivity index (χ4n) is 6.19. The first-order valence-corrected chi connectivity index (χ1v) is 9.55. The van der Waals surface area contributed by atoms with Crippen LogP contribution in [0.1, 0.15) is 33.1 Å². The van der Waals surface area contributed by atoms with Gasteiger partial charge in [-0.1, -0.05) is 30.2 Å². The van der Waals surface area contributed by atoms with Crippen molar-refractivity contribution in [3.63, 3.8) is 0 Å². The highest BCUT2D eigenvalue weighted by atomic mass is 19.1. The molecule has 0 aromatic rings. The quantitative estimate of drug-likeness (QED) is 0.510. The number of alkyl halides is 1. The van der Waals surface area contributed by atoms with Crippen molar-refractivity contribution in [1.29, 1.82) is 0 Å². The number of carbonyl (C=O) groups is 2. The molecule has 0 amide bonds. The zero-order chi connectivity index (χ0) is 20.7. The summed E-state index contributed by atoms with van der Waals surface area (Å²) in [6.45, 7) is 2.21. The van der Waals surface area contributed by atoms with Gasteiger partial charge >= 0.3 is 0 Å². The molecule has 0 heterocycles. The van der Waals surface area contributed by atoms with Crippen LogP contribution in [-0.4, -0.2) is 62.1 Å². The fourth-order valence-corrected chi connectivity index (χ4v) is 6.19. The van der Waals surface area contributed by atoms with Gasteiger partial charge in [0.15, 0.2) is 22.8 Å². The normalized spacial score (nSPS) is 49.7. The Morgan fingerprint density at radius 1 is 1.32 bits per heavy atom. The number of aliphatic hydroxyl groups excluding tert-OH is 3. The molecule has 152 valence electrons. The summed E-state index contributed by atoms with van der Waals surface area (Å²) in [5, 5.41) is 41.9. The van der Waals surface area contributed by atoms with Gasteiger partial charge in [0, 0.05) is 16.7 Å². The smallest absolute Gasteiger partial charge is 0.193 e. The van der Waals surface area contributed by atoms with E-state index in [1.165, 1.54) is 31.2 Å². The zero-order valence-electron chi connectivity index (χ0n) is 15.9. The number of aliphatic hydroxyl groups is 4. The Kier molecular flexibility index (Phi) is 3.99. The van der Waals surface area contributed by atoms with Gasteiger partial charge < -0.3 is 20.4 Å². The topological polar surface area (TPSA) is 115 Å². The van der Waals surface area contributed by atoms with Crippen LogP contribution in [0.4, 0.5) is 4.39 Å². The van der Waals surface area contributed by atoms with Crippen molar-refractivity contribution < 1.29 is 34.4 Å². The van der Waals surface area contributed by atoms with Crippen LogP contribution in [0.3, 0.4) is 0 Å². The molecule has 0 radical (unpaired) electrons.